The molecule has 0 unspecified atom stereocenters. The lowest BCUT2D eigenvalue weighted by atomic mass is 10.2. The van der Waals surface area contributed by atoms with Gasteiger partial charge in [-0.25, -0.2) is 12.8 Å². The molecule has 3 rings (SSSR count). The molecule has 7 nitrogen and oxygen atoms in total. The third-order valence-corrected chi connectivity index (χ3v) is 6.69. The summed E-state index contributed by atoms with van der Waals surface area (Å²) < 4.78 is 52.0. The number of carbonyl (C=O) groups excluding carboxylic acids is 1. The van der Waals surface area contributed by atoms with E-state index < -0.39 is 28.3 Å². The van der Waals surface area contributed by atoms with E-state index in [1.165, 1.54) is 12.1 Å². The molecular weight excluding hydrogens is 459 g/mol. The first kappa shape index (κ1) is 25.0. The van der Waals surface area contributed by atoms with Crippen LogP contribution in [-0.4, -0.2) is 40.6 Å². The Morgan fingerprint density at radius 2 is 1.65 bits per heavy atom. The van der Waals surface area contributed by atoms with Gasteiger partial charge in [0.1, 0.15) is 30.5 Å². The molecule has 180 valence electrons. The summed E-state index contributed by atoms with van der Waals surface area (Å²) in [6, 6.07) is 18.3. The Bertz CT molecular complexity index is 1200. The maximum Gasteiger partial charge on any atom is 0.264 e. The first-order chi connectivity index (χ1) is 16.3. The zero-order valence-corrected chi connectivity index (χ0v) is 19.8. The fraction of sp³-hybridized carbons (Fsp3) is 0.240. The first-order valence-corrected chi connectivity index (χ1v) is 12.2. The van der Waals surface area contributed by atoms with Gasteiger partial charge in [0, 0.05) is 0 Å². The van der Waals surface area contributed by atoms with Crippen LogP contribution in [0.25, 0.3) is 0 Å². The van der Waals surface area contributed by atoms with Crippen molar-refractivity contribution in [1.29, 1.82) is 0 Å². The van der Waals surface area contributed by atoms with Crippen molar-refractivity contribution in [1.82, 2.24) is 5.32 Å². The largest absolute Gasteiger partial charge is 0.494 e. The third kappa shape index (κ3) is 6.48. The Kier molecular flexibility index (Phi) is 8.48. The number of nitrogens with one attached hydrogen (secondary N) is 1. The number of rotatable bonds is 11. The van der Waals surface area contributed by atoms with Gasteiger partial charge in [0.05, 0.1) is 23.7 Å². The monoisotopic (exact) mass is 486 g/mol. The predicted octanol–water partition coefficient (Wildman–Crippen LogP) is 3.92. The molecule has 0 atom stereocenters. The van der Waals surface area contributed by atoms with E-state index in [0.717, 1.165) is 22.0 Å². The number of hydrogen-bond donors (Lipinski definition) is 1. The second kappa shape index (κ2) is 11.5. The van der Waals surface area contributed by atoms with Gasteiger partial charge in [-0.15, -0.1) is 0 Å². The molecule has 3 aromatic carbocycles. The number of aryl methyl sites for hydroxylation is 1. The molecular formula is C25H27FN2O5S. The van der Waals surface area contributed by atoms with Crippen LogP contribution >= 0.6 is 0 Å². The fourth-order valence-electron chi connectivity index (χ4n) is 3.18. The van der Waals surface area contributed by atoms with Crippen LogP contribution in [0.2, 0.25) is 0 Å². The zero-order valence-electron chi connectivity index (χ0n) is 19.0. The second-order valence-electron chi connectivity index (χ2n) is 7.36. The van der Waals surface area contributed by atoms with Crippen LogP contribution in [0.3, 0.4) is 0 Å². The summed E-state index contributed by atoms with van der Waals surface area (Å²) in [4.78, 5) is 12.5. The van der Waals surface area contributed by atoms with Crippen LogP contribution in [0.4, 0.5) is 10.1 Å². The lowest BCUT2D eigenvalue weighted by Crippen LogP contribution is -2.41. The molecule has 3 aromatic rings. The van der Waals surface area contributed by atoms with Gasteiger partial charge in [-0.2, -0.15) is 0 Å². The molecule has 0 aliphatic carbocycles. The maximum atomic E-state index is 13.3. The van der Waals surface area contributed by atoms with E-state index in [4.69, 9.17) is 9.47 Å². The SMILES string of the molecule is CCOc1ccc(N(CC(=O)NCCOc2ccccc2C)S(=O)(=O)c2ccc(F)cc2)cc1. The van der Waals surface area contributed by atoms with E-state index in [1.807, 2.05) is 38.1 Å². The van der Waals surface area contributed by atoms with Crippen molar-refractivity contribution in [3.8, 4) is 11.5 Å². The molecule has 1 N–H and O–H groups in total. The minimum atomic E-state index is -4.14. The normalized spacial score (nSPS) is 11.0. The van der Waals surface area contributed by atoms with Crippen LogP contribution in [0.1, 0.15) is 12.5 Å². The highest BCUT2D eigenvalue weighted by Crippen LogP contribution is 2.26. The Morgan fingerprint density at radius 1 is 0.971 bits per heavy atom. The van der Waals surface area contributed by atoms with Gasteiger partial charge in [0.25, 0.3) is 10.0 Å². The number of hydrogen-bond acceptors (Lipinski definition) is 5. The van der Waals surface area contributed by atoms with Crippen molar-refractivity contribution in [2.45, 2.75) is 18.7 Å². The van der Waals surface area contributed by atoms with Gasteiger partial charge in [0.15, 0.2) is 0 Å². The molecule has 0 saturated heterocycles. The molecule has 0 aromatic heterocycles. The Hall–Kier alpha value is -3.59. The number of para-hydroxylation sites is 1. The minimum absolute atomic E-state index is 0.126. The topological polar surface area (TPSA) is 84.9 Å². The highest BCUT2D eigenvalue weighted by atomic mass is 32.2. The van der Waals surface area contributed by atoms with Crippen molar-refractivity contribution < 1.29 is 27.1 Å². The maximum absolute atomic E-state index is 13.3. The second-order valence-corrected chi connectivity index (χ2v) is 9.22. The van der Waals surface area contributed by atoms with E-state index in [0.29, 0.717) is 18.1 Å². The number of amides is 1. The summed E-state index contributed by atoms with van der Waals surface area (Å²) in [5.41, 5.74) is 1.25. The summed E-state index contributed by atoms with van der Waals surface area (Å²) in [6.45, 7) is 4.18. The van der Waals surface area contributed by atoms with Crippen molar-refractivity contribution in [3.05, 3.63) is 84.2 Å². The highest BCUT2D eigenvalue weighted by molar-refractivity contribution is 7.92. The molecule has 0 aliphatic rings. The molecule has 0 spiro atoms. The molecule has 1 amide bonds. The molecule has 0 heterocycles. The van der Waals surface area contributed by atoms with Crippen molar-refractivity contribution in [3.63, 3.8) is 0 Å². The van der Waals surface area contributed by atoms with E-state index in [9.17, 15) is 17.6 Å². The summed E-state index contributed by atoms with van der Waals surface area (Å²) in [7, 11) is -4.14. The van der Waals surface area contributed by atoms with Crippen LogP contribution in [0.15, 0.2) is 77.7 Å². The number of nitrogens with zero attached hydrogens (tertiary/aromatic N) is 1. The number of anilines is 1. The minimum Gasteiger partial charge on any atom is -0.494 e. The van der Waals surface area contributed by atoms with Crippen LogP contribution in [0.5, 0.6) is 11.5 Å². The van der Waals surface area contributed by atoms with E-state index in [2.05, 4.69) is 5.32 Å². The number of carbonyl (C=O) groups is 1. The fourth-order valence-corrected chi connectivity index (χ4v) is 4.60. The zero-order chi connectivity index (χ0) is 24.6. The number of ether oxygens (including phenoxy) is 2. The smallest absolute Gasteiger partial charge is 0.264 e. The van der Waals surface area contributed by atoms with Crippen LogP contribution in [-0.2, 0) is 14.8 Å². The summed E-state index contributed by atoms with van der Waals surface area (Å²) in [5, 5.41) is 2.68. The van der Waals surface area contributed by atoms with E-state index >= 15 is 0 Å². The standard InChI is InChI=1S/C25H27FN2O5S/c1-3-32-22-12-10-21(11-13-22)28(34(30,31)23-14-8-20(26)9-15-23)18-25(29)27-16-17-33-24-7-5-4-6-19(24)2/h4-15H,3,16-18H2,1-2H3,(H,27,29). The lowest BCUT2D eigenvalue weighted by molar-refractivity contribution is -0.119. The molecule has 0 bridgehead atoms. The molecule has 0 saturated carbocycles. The van der Waals surface area contributed by atoms with Gasteiger partial charge in [-0.05, 0) is 74.0 Å². The van der Waals surface area contributed by atoms with Gasteiger partial charge >= 0.3 is 0 Å². The highest BCUT2D eigenvalue weighted by Gasteiger charge is 2.27. The summed E-state index contributed by atoms with van der Waals surface area (Å²) in [5.74, 6) is 0.223. The average Bonchev–Trinajstić information content (AvgIpc) is 2.82. The van der Waals surface area contributed by atoms with E-state index in [1.54, 1.807) is 24.3 Å². The predicted molar refractivity (Wildman–Crippen MR) is 128 cm³/mol. The number of benzene rings is 3. The number of halogens is 1. The Balaban J connectivity index is 1.73. The quantitative estimate of drug-likeness (QED) is 0.415. The van der Waals surface area contributed by atoms with Gasteiger partial charge in [-0.3, -0.25) is 9.10 Å². The summed E-state index contributed by atoms with van der Waals surface area (Å²) >= 11 is 0. The molecule has 0 radical (unpaired) electrons. The molecule has 9 heteroatoms. The average molecular weight is 487 g/mol. The lowest BCUT2D eigenvalue weighted by Gasteiger charge is -2.24. The Morgan fingerprint density at radius 3 is 2.29 bits per heavy atom. The van der Waals surface area contributed by atoms with Crippen LogP contribution in [0, 0.1) is 12.7 Å². The molecule has 0 aliphatic heterocycles. The van der Waals surface area contributed by atoms with E-state index in [-0.39, 0.29) is 23.7 Å². The number of sulfonamides is 1. The molecule has 0 fully saturated rings. The van der Waals surface area contributed by atoms with Crippen molar-refractivity contribution >= 4 is 21.6 Å². The van der Waals surface area contributed by atoms with Crippen molar-refractivity contribution in [2.75, 3.05) is 30.6 Å². The first-order valence-electron chi connectivity index (χ1n) is 10.8. The van der Waals surface area contributed by atoms with Gasteiger partial charge < -0.3 is 14.8 Å². The molecule has 34 heavy (non-hydrogen) atoms. The van der Waals surface area contributed by atoms with Crippen molar-refractivity contribution in [2.24, 2.45) is 0 Å². The summed E-state index contributed by atoms with van der Waals surface area (Å²) in [6.07, 6.45) is 0. The van der Waals surface area contributed by atoms with Gasteiger partial charge in [0.2, 0.25) is 5.91 Å². The van der Waals surface area contributed by atoms with Crippen LogP contribution < -0.4 is 19.1 Å². The third-order valence-electron chi connectivity index (χ3n) is 4.90. The Labute approximate surface area is 199 Å². The van der Waals surface area contributed by atoms with Gasteiger partial charge in [-0.1, -0.05) is 18.2 Å².